The number of aliphatic carboxylic acids is 1. The summed E-state index contributed by atoms with van der Waals surface area (Å²) in [5.74, 6) is -0.569. The summed E-state index contributed by atoms with van der Waals surface area (Å²) in [6.07, 6.45) is 0. The average molecular weight is 154 g/mol. The summed E-state index contributed by atoms with van der Waals surface area (Å²) in [5, 5.41) is 3.58. The Morgan fingerprint density at radius 3 is 2.83 bits per heavy atom. The van der Waals surface area contributed by atoms with Crippen LogP contribution in [0.25, 0.3) is 1.43 Å². The molecular weight excluding hydrogens is 148 g/mol. The van der Waals surface area contributed by atoms with Crippen LogP contribution in [0.2, 0.25) is 0 Å². The Kier molecular flexibility index (Phi) is 1.50. The molecule has 0 saturated heterocycles. The zero-order valence-corrected chi connectivity index (χ0v) is 4.86. The van der Waals surface area contributed by atoms with Crippen LogP contribution in [0, 0.1) is 0 Å². The van der Waals surface area contributed by atoms with Gasteiger partial charge in [0.2, 0.25) is 0 Å². The zero-order chi connectivity index (χ0) is 5.86. The normalized spacial score (nSPS) is 15.3. The van der Waals surface area contributed by atoms with E-state index in [1.165, 1.54) is 0 Å². The van der Waals surface area contributed by atoms with Gasteiger partial charge in [-0.15, -0.1) is 0 Å². The molecule has 0 aromatic rings. The summed E-state index contributed by atoms with van der Waals surface area (Å²) < 4.78 is 6.06. The van der Waals surface area contributed by atoms with E-state index in [1.807, 2.05) is 0 Å². The number of rotatable bonds is 1. The molecule has 3 heteroatoms. The molecule has 0 heterocycles. The minimum atomic E-state index is -0.569. The first-order valence-electron chi connectivity index (χ1n) is 1.90. The highest BCUT2D eigenvalue weighted by Crippen LogP contribution is 1.93. The van der Waals surface area contributed by atoms with Gasteiger partial charge < -0.3 is 5.11 Å². The standard InChI is InChI=1S/C3H5BrO2/c1-2(4)3(5)6/h2H,1H3,(H,5,6)/i/hD. The monoisotopic (exact) mass is 153 g/mol. The number of carboxylic acids is 1. The molecule has 1 atom stereocenters. The molecule has 0 saturated carbocycles. The third-order valence-electron chi connectivity index (χ3n) is 0.325. The van der Waals surface area contributed by atoms with Gasteiger partial charge in [0.05, 0.1) is 0 Å². The highest BCUT2D eigenvalue weighted by Gasteiger charge is 2.01. The predicted octanol–water partition coefficient (Wildman–Crippen LogP) is 0.854. The molecule has 0 aliphatic carbocycles. The minimum Gasteiger partial charge on any atom is -0.480 e. The van der Waals surface area contributed by atoms with E-state index in [9.17, 15) is 4.79 Å². The van der Waals surface area contributed by atoms with Crippen molar-refractivity contribution in [3.63, 3.8) is 0 Å². The number of alkyl halides is 1. The molecule has 0 aromatic carbocycles. The summed E-state index contributed by atoms with van der Waals surface area (Å²) in [4.78, 5) is 9.68. The van der Waals surface area contributed by atoms with Gasteiger partial charge in [-0.05, 0) is 6.92 Å². The fraction of sp³-hybridized carbons (Fsp3) is 0.667. The summed E-state index contributed by atoms with van der Waals surface area (Å²) in [5.41, 5.74) is 0. The van der Waals surface area contributed by atoms with Gasteiger partial charge in [-0.3, -0.25) is 4.79 Å². The van der Waals surface area contributed by atoms with E-state index in [0.29, 0.717) is 0 Å². The Morgan fingerprint density at radius 1 is 2.33 bits per heavy atom. The largest absolute Gasteiger partial charge is 0.480 e. The molecule has 6 heavy (non-hydrogen) atoms. The summed E-state index contributed by atoms with van der Waals surface area (Å²) in [6, 6.07) is 0. The third-order valence-corrected chi connectivity index (χ3v) is 0.699. The molecule has 0 aliphatic rings. The second kappa shape index (κ2) is 2.18. The van der Waals surface area contributed by atoms with Crippen molar-refractivity contribution >= 4 is 21.9 Å². The SMILES string of the molecule is [2H]OC(=O)C(C)Br. The van der Waals surface area contributed by atoms with Crippen LogP contribution in [0.15, 0.2) is 0 Å². The quantitative estimate of drug-likeness (QED) is 0.568. The Labute approximate surface area is 45.8 Å². The molecule has 0 amide bonds. The van der Waals surface area contributed by atoms with Crippen molar-refractivity contribution in [1.82, 2.24) is 0 Å². The van der Waals surface area contributed by atoms with Gasteiger partial charge in [0.25, 0.3) is 1.43 Å². The van der Waals surface area contributed by atoms with Crippen LogP contribution >= 0.6 is 15.9 Å². The van der Waals surface area contributed by atoms with Gasteiger partial charge in [-0.1, -0.05) is 15.9 Å². The Hall–Kier alpha value is -0.0500. The second-order valence-corrected chi connectivity index (χ2v) is 2.31. The van der Waals surface area contributed by atoms with Crippen molar-refractivity contribution in [3.8, 4) is 0 Å². The maximum Gasteiger partial charge on any atom is 0.316 e. The van der Waals surface area contributed by atoms with Crippen molar-refractivity contribution in [2.45, 2.75) is 11.8 Å². The lowest BCUT2D eigenvalue weighted by Gasteiger charge is -1.87. The number of carboxylic acid groups (broad SMARTS) is 1. The lowest BCUT2D eigenvalue weighted by molar-refractivity contribution is -0.135. The Bertz CT molecular complexity index is 73.3. The number of hydrogen-bond acceptors (Lipinski definition) is 2. The van der Waals surface area contributed by atoms with E-state index < -0.39 is 5.97 Å². The van der Waals surface area contributed by atoms with Gasteiger partial charge in [0, 0.05) is 0 Å². The highest BCUT2D eigenvalue weighted by molar-refractivity contribution is 9.10. The predicted molar refractivity (Wildman–Crippen MR) is 26.0 cm³/mol. The molecule has 1 N–H and O–H groups in total. The van der Waals surface area contributed by atoms with Crippen molar-refractivity contribution in [2.24, 2.45) is 0 Å². The topological polar surface area (TPSA) is 37.3 Å². The lowest BCUT2D eigenvalue weighted by atomic mass is 10.5. The molecule has 1 unspecified atom stereocenters. The molecule has 36 valence electrons. The molecule has 0 radical (unpaired) electrons. The van der Waals surface area contributed by atoms with Crippen LogP contribution in [0.4, 0.5) is 0 Å². The smallest absolute Gasteiger partial charge is 0.316 e. The summed E-state index contributed by atoms with van der Waals surface area (Å²) in [7, 11) is 0. The Morgan fingerprint density at radius 2 is 2.83 bits per heavy atom. The van der Waals surface area contributed by atoms with Gasteiger partial charge >= 0.3 is 5.97 Å². The van der Waals surface area contributed by atoms with Crippen molar-refractivity contribution in [3.05, 3.63) is 0 Å². The van der Waals surface area contributed by atoms with Gasteiger partial charge in [0.1, 0.15) is 4.83 Å². The molecule has 0 spiro atoms. The van der Waals surface area contributed by atoms with Gasteiger partial charge in [-0.25, -0.2) is 0 Å². The van der Waals surface area contributed by atoms with Crippen molar-refractivity contribution in [1.29, 1.82) is 1.43 Å². The van der Waals surface area contributed by atoms with Crippen LogP contribution < -0.4 is 0 Å². The lowest BCUT2D eigenvalue weighted by Crippen LogP contribution is -2.06. The van der Waals surface area contributed by atoms with Crippen molar-refractivity contribution in [2.75, 3.05) is 0 Å². The molecule has 0 rings (SSSR count). The van der Waals surface area contributed by atoms with E-state index in [0.717, 1.165) is 0 Å². The second-order valence-electron chi connectivity index (χ2n) is 0.935. The van der Waals surface area contributed by atoms with Gasteiger partial charge in [-0.2, -0.15) is 0 Å². The molecule has 2 nitrogen and oxygen atoms in total. The fourth-order valence-corrected chi connectivity index (χ4v) is 0. The van der Waals surface area contributed by atoms with Crippen LogP contribution in [0.1, 0.15) is 6.92 Å². The zero-order valence-electron chi connectivity index (χ0n) is 4.27. The number of halogens is 1. The maximum atomic E-state index is 10.1. The fourth-order valence-electron chi connectivity index (χ4n) is 0. The van der Waals surface area contributed by atoms with Crippen LogP contribution in [-0.2, 0) is 4.79 Å². The van der Waals surface area contributed by atoms with Crippen LogP contribution in [-0.4, -0.2) is 15.9 Å². The average Bonchev–Trinajstić information content (AvgIpc) is 1.65. The highest BCUT2D eigenvalue weighted by atomic mass is 79.9. The molecule has 0 fully saturated rings. The van der Waals surface area contributed by atoms with E-state index in [4.69, 9.17) is 1.43 Å². The first-order chi connectivity index (χ1) is 3.18. The van der Waals surface area contributed by atoms with E-state index in [2.05, 4.69) is 21.0 Å². The van der Waals surface area contributed by atoms with Crippen LogP contribution in [0.3, 0.4) is 0 Å². The van der Waals surface area contributed by atoms with Crippen LogP contribution in [0.5, 0.6) is 0 Å². The molecule has 0 bridgehead atoms. The van der Waals surface area contributed by atoms with E-state index >= 15 is 0 Å². The maximum absolute atomic E-state index is 10.1. The molecule has 0 aromatic heterocycles. The molecule has 0 aliphatic heterocycles. The molecular formula is C3H5BrO2. The van der Waals surface area contributed by atoms with E-state index in [-0.39, 0.29) is 4.83 Å². The minimum absolute atomic E-state index is 0.370. The van der Waals surface area contributed by atoms with Crippen molar-refractivity contribution < 1.29 is 9.90 Å². The third kappa shape index (κ3) is 2.20. The first-order valence-corrected chi connectivity index (χ1v) is 2.41. The van der Waals surface area contributed by atoms with E-state index in [1.54, 1.807) is 6.92 Å². The first kappa shape index (κ1) is 4.12. The van der Waals surface area contributed by atoms with Gasteiger partial charge in [0.15, 0.2) is 0 Å². The Balaban J connectivity index is 3.35. The number of hydrogen-bond donors (Lipinski definition) is 1. The summed E-state index contributed by atoms with van der Waals surface area (Å²) in [6.45, 7) is 1.59. The summed E-state index contributed by atoms with van der Waals surface area (Å²) >= 11 is 2.91. The number of carbonyl (C=O) groups is 1.